The topological polar surface area (TPSA) is 74.2 Å². The molecule has 1 aromatic carbocycles. The van der Waals surface area contributed by atoms with Crippen LogP contribution >= 0.6 is 11.6 Å². The van der Waals surface area contributed by atoms with E-state index in [1.807, 2.05) is 6.92 Å². The molecule has 1 atom stereocenters. The van der Waals surface area contributed by atoms with E-state index in [2.05, 4.69) is 10.1 Å². The molecule has 1 aliphatic rings. The van der Waals surface area contributed by atoms with Gasteiger partial charge in [-0.2, -0.15) is 4.98 Å². The minimum Gasteiger partial charge on any atom is -0.398 e. The summed E-state index contributed by atoms with van der Waals surface area (Å²) >= 11 is 5.89. The molecule has 0 bridgehead atoms. The molecule has 3 rings (SSSR count). The van der Waals surface area contributed by atoms with E-state index in [1.165, 1.54) is 0 Å². The van der Waals surface area contributed by atoms with Gasteiger partial charge in [-0.25, -0.2) is 0 Å². The van der Waals surface area contributed by atoms with Crippen molar-refractivity contribution in [3.63, 3.8) is 0 Å². The van der Waals surface area contributed by atoms with E-state index >= 15 is 0 Å². The maximum Gasteiger partial charge on any atom is 0.260 e. The summed E-state index contributed by atoms with van der Waals surface area (Å²) in [4.78, 5) is 4.44. The van der Waals surface area contributed by atoms with E-state index in [1.54, 1.807) is 18.2 Å². The van der Waals surface area contributed by atoms with E-state index < -0.39 is 5.60 Å². The molecule has 0 amide bonds. The van der Waals surface area contributed by atoms with Gasteiger partial charge in [-0.15, -0.1) is 0 Å². The molecule has 0 spiro atoms. The van der Waals surface area contributed by atoms with Crippen LogP contribution in [0.15, 0.2) is 22.7 Å². The third-order valence-electron chi connectivity index (χ3n) is 3.61. The van der Waals surface area contributed by atoms with Crippen LogP contribution in [0.4, 0.5) is 5.69 Å². The van der Waals surface area contributed by atoms with Crippen molar-refractivity contribution in [2.45, 2.75) is 31.8 Å². The summed E-state index contributed by atoms with van der Waals surface area (Å²) in [6, 6.07) is 5.19. The lowest BCUT2D eigenvalue weighted by atomic mass is 9.95. The highest BCUT2D eigenvalue weighted by Crippen LogP contribution is 2.35. The first kappa shape index (κ1) is 13.4. The smallest absolute Gasteiger partial charge is 0.260 e. The number of benzene rings is 1. The van der Waals surface area contributed by atoms with Gasteiger partial charge in [-0.05, 0) is 44.4 Å². The van der Waals surface area contributed by atoms with Gasteiger partial charge in [0.1, 0.15) is 5.60 Å². The average molecular weight is 294 g/mol. The molecule has 5 nitrogen and oxygen atoms in total. The zero-order valence-electron chi connectivity index (χ0n) is 11.2. The first-order valence-corrected chi connectivity index (χ1v) is 7.00. The number of hydrogen-bond donors (Lipinski definition) is 1. The minimum atomic E-state index is -0.471. The highest BCUT2D eigenvalue weighted by Gasteiger charge is 2.35. The summed E-state index contributed by atoms with van der Waals surface area (Å²) in [6.45, 7) is 2.72. The summed E-state index contributed by atoms with van der Waals surface area (Å²) in [7, 11) is 0. The molecule has 1 saturated heterocycles. The van der Waals surface area contributed by atoms with Crippen molar-refractivity contribution in [2.24, 2.45) is 0 Å². The Balaban J connectivity index is 1.93. The number of ether oxygens (including phenoxy) is 1. The first-order chi connectivity index (χ1) is 9.58. The van der Waals surface area contributed by atoms with Gasteiger partial charge in [0.05, 0.1) is 5.56 Å². The second-order valence-corrected chi connectivity index (χ2v) is 5.63. The monoisotopic (exact) mass is 293 g/mol. The maximum atomic E-state index is 5.93. The molecule has 6 heteroatoms. The third kappa shape index (κ3) is 2.39. The van der Waals surface area contributed by atoms with Crippen molar-refractivity contribution in [1.29, 1.82) is 0 Å². The van der Waals surface area contributed by atoms with Crippen LogP contribution in [0.25, 0.3) is 11.5 Å². The fourth-order valence-corrected chi connectivity index (χ4v) is 2.57. The van der Waals surface area contributed by atoms with Crippen LogP contribution in [0, 0.1) is 0 Å². The van der Waals surface area contributed by atoms with Crippen LogP contribution in [-0.2, 0) is 10.3 Å². The van der Waals surface area contributed by atoms with Gasteiger partial charge in [-0.1, -0.05) is 16.8 Å². The normalized spacial score (nSPS) is 22.9. The Morgan fingerprint density at radius 2 is 2.20 bits per heavy atom. The zero-order valence-corrected chi connectivity index (χ0v) is 12.0. The molecule has 1 aliphatic heterocycles. The largest absolute Gasteiger partial charge is 0.398 e. The number of aromatic nitrogens is 2. The molecule has 2 aromatic rings. The van der Waals surface area contributed by atoms with E-state index in [-0.39, 0.29) is 0 Å². The van der Waals surface area contributed by atoms with Crippen LogP contribution in [0.1, 0.15) is 32.0 Å². The fraction of sp³-hybridized carbons (Fsp3) is 0.429. The molecule has 0 saturated carbocycles. The Hall–Kier alpha value is -1.59. The van der Waals surface area contributed by atoms with Crippen LogP contribution in [0.2, 0.25) is 5.02 Å². The summed E-state index contributed by atoms with van der Waals surface area (Å²) in [5, 5.41) is 4.63. The summed E-state index contributed by atoms with van der Waals surface area (Å²) in [5.74, 6) is 0.964. The Bertz CT molecular complexity index is 621. The number of rotatable bonds is 2. The molecule has 1 aromatic heterocycles. The maximum absolute atomic E-state index is 5.93. The van der Waals surface area contributed by atoms with Crippen LogP contribution < -0.4 is 5.73 Å². The van der Waals surface area contributed by atoms with Crippen molar-refractivity contribution in [2.75, 3.05) is 12.3 Å². The Kier molecular flexibility index (Phi) is 3.40. The third-order valence-corrected chi connectivity index (χ3v) is 3.85. The number of nitrogen functional groups attached to an aromatic ring is 1. The minimum absolute atomic E-state index is 0.393. The number of halogens is 1. The van der Waals surface area contributed by atoms with E-state index in [0.717, 1.165) is 25.9 Å². The second kappa shape index (κ2) is 5.07. The van der Waals surface area contributed by atoms with Crippen LogP contribution in [0.5, 0.6) is 0 Å². The predicted molar refractivity (Wildman–Crippen MR) is 76.3 cm³/mol. The summed E-state index contributed by atoms with van der Waals surface area (Å²) < 4.78 is 11.1. The van der Waals surface area contributed by atoms with Gasteiger partial charge in [-0.3, -0.25) is 0 Å². The van der Waals surface area contributed by atoms with Crippen molar-refractivity contribution in [3.8, 4) is 11.5 Å². The number of anilines is 1. The lowest BCUT2D eigenvalue weighted by molar-refractivity contribution is -0.0770. The molecule has 1 unspecified atom stereocenters. The Labute approximate surface area is 122 Å². The quantitative estimate of drug-likeness (QED) is 0.859. The SMILES string of the molecule is CC1(c2noc(-c3ccc(Cl)cc3N)n2)CCCCO1. The average Bonchev–Trinajstić information content (AvgIpc) is 2.90. The van der Waals surface area contributed by atoms with Gasteiger partial charge < -0.3 is 15.0 Å². The van der Waals surface area contributed by atoms with Crippen molar-refractivity contribution >= 4 is 17.3 Å². The fourth-order valence-electron chi connectivity index (χ4n) is 2.39. The molecule has 0 aliphatic carbocycles. The molecule has 2 N–H and O–H groups in total. The van der Waals surface area contributed by atoms with Gasteiger partial charge in [0, 0.05) is 17.3 Å². The van der Waals surface area contributed by atoms with Crippen LogP contribution in [0.3, 0.4) is 0 Å². The molecular formula is C14H16ClN3O2. The number of hydrogen-bond acceptors (Lipinski definition) is 5. The summed E-state index contributed by atoms with van der Waals surface area (Å²) in [6.07, 6.45) is 3.07. The highest BCUT2D eigenvalue weighted by atomic mass is 35.5. The van der Waals surface area contributed by atoms with Crippen molar-refractivity contribution in [1.82, 2.24) is 10.1 Å². The van der Waals surface area contributed by atoms with E-state index in [0.29, 0.717) is 28.0 Å². The number of nitrogens with two attached hydrogens (primary N) is 1. The molecule has 2 heterocycles. The van der Waals surface area contributed by atoms with Gasteiger partial charge in [0.15, 0.2) is 0 Å². The summed E-state index contributed by atoms with van der Waals surface area (Å²) in [5.41, 5.74) is 6.66. The number of nitrogens with zero attached hydrogens (tertiary/aromatic N) is 2. The van der Waals surface area contributed by atoms with Gasteiger partial charge in [0.2, 0.25) is 5.82 Å². The molecule has 106 valence electrons. The first-order valence-electron chi connectivity index (χ1n) is 6.62. The predicted octanol–water partition coefficient (Wildman–Crippen LogP) is 3.39. The van der Waals surface area contributed by atoms with Crippen molar-refractivity contribution < 1.29 is 9.26 Å². The molecule has 20 heavy (non-hydrogen) atoms. The van der Waals surface area contributed by atoms with E-state index in [4.69, 9.17) is 26.6 Å². The second-order valence-electron chi connectivity index (χ2n) is 5.19. The zero-order chi connectivity index (χ0) is 14.2. The van der Waals surface area contributed by atoms with Crippen LogP contribution in [-0.4, -0.2) is 16.7 Å². The lowest BCUT2D eigenvalue weighted by Gasteiger charge is -2.30. The molecule has 0 radical (unpaired) electrons. The lowest BCUT2D eigenvalue weighted by Crippen LogP contribution is -2.31. The highest BCUT2D eigenvalue weighted by molar-refractivity contribution is 6.31. The molecule has 1 fully saturated rings. The van der Waals surface area contributed by atoms with Gasteiger partial charge in [0.25, 0.3) is 5.89 Å². The standard InChI is InChI=1S/C14H16ClN3O2/c1-14(6-2-3-7-19-14)13-17-12(20-18-13)10-5-4-9(15)8-11(10)16/h4-5,8H,2-3,6-7,16H2,1H3. The van der Waals surface area contributed by atoms with Gasteiger partial charge >= 0.3 is 0 Å². The Morgan fingerprint density at radius 1 is 1.35 bits per heavy atom. The van der Waals surface area contributed by atoms with E-state index in [9.17, 15) is 0 Å². The Morgan fingerprint density at radius 3 is 2.90 bits per heavy atom. The molecular weight excluding hydrogens is 278 g/mol. The van der Waals surface area contributed by atoms with Crippen molar-refractivity contribution in [3.05, 3.63) is 29.0 Å².